The summed E-state index contributed by atoms with van der Waals surface area (Å²) < 4.78 is 11.6. The Hall–Kier alpha value is -3.12. The fraction of sp³-hybridized carbons (Fsp3) is 0.200. The van der Waals surface area contributed by atoms with Crippen LogP contribution >= 0.6 is 0 Å². The van der Waals surface area contributed by atoms with Gasteiger partial charge >= 0.3 is 0 Å². The average Bonchev–Trinajstić information content (AvgIpc) is 2.63. The van der Waals surface area contributed by atoms with Crippen molar-refractivity contribution in [2.45, 2.75) is 18.6 Å². The average molecular weight is 354 g/mol. The number of benzene rings is 3. The second-order valence-corrected chi connectivity index (χ2v) is 6.34. The van der Waals surface area contributed by atoms with E-state index in [4.69, 9.17) is 9.47 Å². The van der Waals surface area contributed by atoms with Gasteiger partial charge < -0.3 is 29.9 Å². The summed E-state index contributed by atoms with van der Waals surface area (Å²) in [5, 5.41) is 41.4. The summed E-state index contributed by atoms with van der Waals surface area (Å²) in [5.41, 5.74) is 1.20. The van der Waals surface area contributed by atoms with Gasteiger partial charge in [-0.2, -0.15) is 0 Å². The summed E-state index contributed by atoms with van der Waals surface area (Å²) >= 11 is 0. The lowest BCUT2D eigenvalue weighted by atomic mass is 9.90. The number of hydrogen-bond donors (Lipinski definition) is 4. The number of hydrogen-bond acceptors (Lipinski definition) is 6. The van der Waals surface area contributed by atoms with Gasteiger partial charge in [0.15, 0.2) is 17.6 Å². The Bertz CT molecular complexity index is 997. The summed E-state index contributed by atoms with van der Waals surface area (Å²) in [6, 6.07) is 11.3. The van der Waals surface area contributed by atoms with E-state index in [-0.39, 0.29) is 23.0 Å². The Morgan fingerprint density at radius 2 is 1.69 bits per heavy atom. The van der Waals surface area contributed by atoms with Gasteiger partial charge in [-0.25, -0.2) is 0 Å². The molecule has 0 saturated carbocycles. The molecule has 0 aromatic heterocycles. The molecule has 2 atom stereocenters. The molecule has 1 heterocycles. The molecule has 0 fully saturated rings. The Morgan fingerprint density at radius 1 is 0.962 bits per heavy atom. The molecule has 3 aromatic carbocycles. The van der Waals surface area contributed by atoms with Gasteiger partial charge in [0.1, 0.15) is 23.4 Å². The van der Waals surface area contributed by atoms with Crippen LogP contribution in [0.2, 0.25) is 0 Å². The molecule has 1 aliphatic heterocycles. The number of aromatic hydroxyl groups is 4. The molecule has 6 heteroatoms. The zero-order valence-electron chi connectivity index (χ0n) is 14.0. The maximum Gasteiger partial charge on any atom is 0.165 e. The number of fused-ring (bicyclic) bond motifs is 2. The van der Waals surface area contributed by atoms with Gasteiger partial charge in [0.05, 0.1) is 0 Å². The Morgan fingerprint density at radius 3 is 2.42 bits per heavy atom. The first kappa shape index (κ1) is 16.4. The molecule has 4 N–H and O–H groups in total. The molecule has 1 aliphatic rings. The zero-order valence-corrected chi connectivity index (χ0v) is 14.0. The highest BCUT2D eigenvalue weighted by atomic mass is 16.5. The number of phenols is 4. The van der Waals surface area contributed by atoms with E-state index in [2.05, 4.69) is 0 Å². The van der Waals surface area contributed by atoms with E-state index in [0.717, 1.165) is 5.39 Å². The van der Waals surface area contributed by atoms with Gasteiger partial charge in [-0.3, -0.25) is 0 Å². The molecule has 6 nitrogen and oxygen atoms in total. The Kier molecular flexibility index (Phi) is 3.77. The van der Waals surface area contributed by atoms with E-state index in [1.165, 1.54) is 18.2 Å². The number of methoxy groups -OCH3 is 1. The molecule has 2 unspecified atom stereocenters. The number of phenolic OH excluding ortho intramolecular Hbond substituents is 4. The normalized spacial score (nSPS) is 19.1. The topological polar surface area (TPSA) is 99.4 Å². The van der Waals surface area contributed by atoms with Crippen LogP contribution in [0.5, 0.6) is 28.7 Å². The molecule has 26 heavy (non-hydrogen) atoms. The third-order valence-electron chi connectivity index (χ3n) is 4.80. The maximum atomic E-state index is 10.1. The van der Waals surface area contributed by atoms with Crippen molar-refractivity contribution >= 4 is 10.8 Å². The summed E-state index contributed by atoms with van der Waals surface area (Å²) in [6.07, 6.45) is -0.645. The predicted octanol–water partition coefficient (Wildman–Crippen LogP) is 3.35. The molecule has 0 spiro atoms. The second-order valence-electron chi connectivity index (χ2n) is 6.34. The third kappa shape index (κ3) is 2.46. The van der Waals surface area contributed by atoms with Crippen LogP contribution in [0.15, 0.2) is 42.5 Å². The minimum absolute atomic E-state index is 0.0566. The van der Waals surface area contributed by atoms with E-state index >= 15 is 0 Å². The van der Waals surface area contributed by atoms with Crippen molar-refractivity contribution in [1.29, 1.82) is 0 Å². The lowest BCUT2D eigenvalue weighted by Crippen LogP contribution is -2.32. The van der Waals surface area contributed by atoms with Crippen LogP contribution in [0.4, 0.5) is 0 Å². The third-order valence-corrected chi connectivity index (χ3v) is 4.80. The number of ether oxygens (including phenoxy) is 2. The van der Waals surface area contributed by atoms with Crippen molar-refractivity contribution in [2.24, 2.45) is 0 Å². The lowest BCUT2D eigenvalue weighted by Gasteiger charge is -2.34. The van der Waals surface area contributed by atoms with Gasteiger partial charge in [-0.05, 0) is 11.5 Å². The Labute approximate surface area is 149 Å². The first-order chi connectivity index (χ1) is 12.5. The molecular weight excluding hydrogens is 336 g/mol. The van der Waals surface area contributed by atoms with Gasteiger partial charge in [0.25, 0.3) is 0 Å². The monoisotopic (exact) mass is 354 g/mol. The first-order valence-corrected chi connectivity index (χ1v) is 8.17. The molecule has 0 amide bonds. The van der Waals surface area contributed by atoms with Crippen LogP contribution in [-0.2, 0) is 11.2 Å². The van der Waals surface area contributed by atoms with Crippen molar-refractivity contribution < 1.29 is 29.9 Å². The van der Waals surface area contributed by atoms with E-state index in [1.807, 2.05) is 12.1 Å². The van der Waals surface area contributed by atoms with Crippen LogP contribution < -0.4 is 4.74 Å². The van der Waals surface area contributed by atoms with Gasteiger partial charge in [-0.1, -0.05) is 24.3 Å². The molecular formula is C20H18O6. The van der Waals surface area contributed by atoms with Gasteiger partial charge in [-0.15, -0.1) is 0 Å². The highest BCUT2D eigenvalue weighted by molar-refractivity contribution is 5.93. The van der Waals surface area contributed by atoms with E-state index in [1.54, 1.807) is 19.2 Å². The van der Waals surface area contributed by atoms with Crippen molar-refractivity contribution in [3.63, 3.8) is 0 Å². The fourth-order valence-corrected chi connectivity index (χ4v) is 3.53. The van der Waals surface area contributed by atoms with Gasteiger partial charge in [0, 0.05) is 42.2 Å². The SMILES string of the molecule is COC1Cc2c(O)cc(O)cc2OC1c1cc(O)c(O)c2ccccc12. The van der Waals surface area contributed by atoms with E-state index < -0.39 is 12.2 Å². The summed E-state index contributed by atoms with van der Waals surface area (Å²) in [4.78, 5) is 0. The van der Waals surface area contributed by atoms with Crippen LogP contribution in [-0.4, -0.2) is 33.6 Å². The summed E-state index contributed by atoms with van der Waals surface area (Å²) in [5.74, 6) is -0.239. The quantitative estimate of drug-likeness (QED) is 0.527. The van der Waals surface area contributed by atoms with Crippen molar-refractivity contribution in [1.82, 2.24) is 0 Å². The van der Waals surface area contributed by atoms with Crippen LogP contribution in [0.3, 0.4) is 0 Å². The minimum atomic E-state index is -0.593. The molecule has 134 valence electrons. The van der Waals surface area contributed by atoms with E-state index in [9.17, 15) is 20.4 Å². The molecule has 0 saturated heterocycles. The molecule has 0 bridgehead atoms. The lowest BCUT2D eigenvalue weighted by molar-refractivity contribution is -0.0115. The van der Waals surface area contributed by atoms with Crippen molar-refractivity contribution in [3.05, 3.63) is 53.6 Å². The molecule has 4 rings (SSSR count). The van der Waals surface area contributed by atoms with E-state index in [0.29, 0.717) is 28.7 Å². The van der Waals surface area contributed by atoms with Crippen LogP contribution in [0.1, 0.15) is 17.2 Å². The van der Waals surface area contributed by atoms with Gasteiger partial charge in [0.2, 0.25) is 0 Å². The standard InChI is InChI=1S/C20H18O6/c1-25-18-9-14-15(22)6-10(21)7-17(14)26-20(18)13-8-16(23)19(24)12-5-3-2-4-11(12)13/h2-8,18,20-24H,9H2,1H3. The highest BCUT2D eigenvalue weighted by Crippen LogP contribution is 2.46. The predicted molar refractivity (Wildman–Crippen MR) is 94.9 cm³/mol. The zero-order chi connectivity index (χ0) is 18.4. The number of rotatable bonds is 2. The van der Waals surface area contributed by atoms with Crippen LogP contribution in [0, 0.1) is 0 Å². The summed E-state index contributed by atoms with van der Waals surface area (Å²) in [6.45, 7) is 0. The molecule has 3 aromatic rings. The van der Waals surface area contributed by atoms with Crippen molar-refractivity contribution in [2.75, 3.05) is 7.11 Å². The summed E-state index contributed by atoms with van der Waals surface area (Å²) in [7, 11) is 1.55. The minimum Gasteiger partial charge on any atom is -0.508 e. The molecule has 0 radical (unpaired) electrons. The highest BCUT2D eigenvalue weighted by Gasteiger charge is 2.35. The first-order valence-electron chi connectivity index (χ1n) is 8.17. The van der Waals surface area contributed by atoms with Crippen LogP contribution in [0.25, 0.3) is 10.8 Å². The largest absolute Gasteiger partial charge is 0.508 e. The fourth-order valence-electron chi connectivity index (χ4n) is 3.53. The van der Waals surface area contributed by atoms with Crippen molar-refractivity contribution in [3.8, 4) is 28.7 Å². The second kappa shape index (κ2) is 6.00. The smallest absolute Gasteiger partial charge is 0.165 e. The maximum absolute atomic E-state index is 10.1. The molecule has 0 aliphatic carbocycles. The Balaban J connectivity index is 1.90.